The SMILES string of the molecule is COc1ccccc1NC(=S)N[C@@H](NC(=O)c1ccccc1)C(Cl)(Cl)Cl. The Morgan fingerprint density at radius 2 is 1.65 bits per heavy atom. The third kappa shape index (κ3) is 5.92. The highest BCUT2D eigenvalue weighted by Gasteiger charge is 2.35. The molecule has 0 aliphatic carbocycles. The first kappa shape index (κ1) is 20.6. The maximum Gasteiger partial charge on any atom is 0.252 e. The Labute approximate surface area is 172 Å². The van der Waals surface area contributed by atoms with Crippen LogP contribution in [0.4, 0.5) is 5.69 Å². The number of alkyl halides is 3. The Kier molecular flexibility index (Phi) is 7.34. The third-order valence-corrected chi connectivity index (χ3v) is 4.14. The molecule has 0 aliphatic rings. The summed E-state index contributed by atoms with van der Waals surface area (Å²) in [5.41, 5.74) is 1.06. The summed E-state index contributed by atoms with van der Waals surface area (Å²) < 4.78 is 3.41. The number of halogens is 3. The van der Waals surface area contributed by atoms with Crippen LogP contribution in [0.1, 0.15) is 10.4 Å². The molecule has 0 fully saturated rings. The molecule has 9 heteroatoms. The summed E-state index contributed by atoms with van der Waals surface area (Å²) in [6, 6.07) is 15.8. The predicted octanol–water partition coefficient (Wildman–Crippen LogP) is 4.11. The number of hydrogen-bond acceptors (Lipinski definition) is 3. The highest BCUT2D eigenvalue weighted by molar-refractivity contribution is 7.80. The van der Waals surface area contributed by atoms with Crippen molar-refractivity contribution in [1.82, 2.24) is 10.6 Å². The Morgan fingerprint density at radius 1 is 1.04 bits per heavy atom. The molecule has 2 aromatic carbocycles. The van der Waals surface area contributed by atoms with Gasteiger partial charge >= 0.3 is 0 Å². The number of thiocarbonyl (C=S) groups is 1. The monoisotopic (exact) mass is 431 g/mol. The van der Waals surface area contributed by atoms with Crippen molar-refractivity contribution in [1.29, 1.82) is 0 Å². The summed E-state index contributed by atoms with van der Waals surface area (Å²) in [6.45, 7) is 0. The molecule has 0 heterocycles. The molecular formula is C17H16Cl3N3O2S. The van der Waals surface area contributed by atoms with Crippen LogP contribution >= 0.6 is 47.0 Å². The van der Waals surface area contributed by atoms with E-state index in [0.717, 1.165) is 0 Å². The first-order valence-electron chi connectivity index (χ1n) is 7.44. The number of benzene rings is 2. The highest BCUT2D eigenvalue weighted by Crippen LogP contribution is 2.29. The quantitative estimate of drug-likeness (QED) is 0.377. The number of rotatable bonds is 5. The molecule has 2 aromatic rings. The van der Waals surface area contributed by atoms with Crippen molar-refractivity contribution in [2.45, 2.75) is 9.96 Å². The number of amides is 1. The van der Waals surface area contributed by atoms with E-state index in [9.17, 15) is 4.79 Å². The van der Waals surface area contributed by atoms with Gasteiger partial charge in [-0.25, -0.2) is 0 Å². The largest absolute Gasteiger partial charge is 0.495 e. The second-order valence-electron chi connectivity index (χ2n) is 5.11. The number of carbonyl (C=O) groups excluding carboxylic acids is 1. The van der Waals surface area contributed by atoms with Gasteiger partial charge in [-0.2, -0.15) is 0 Å². The molecule has 0 saturated carbocycles. The number of nitrogens with one attached hydrogen (secondary N) is 3. The van der Waals surface area contributed by atoms with Gasteiger partial charge in [-0.3, -0.25) is 4.79 Å². The lowest BCUT2D eigenvalue weighted by Crippen LogP contribution is -2.56. The zero-order valence-electron chi connectivity index (χ0n) is 13.6. The molecule has 0 aromatic heterocycles. The molecule has 5 nitrogen and oxygen atoms in total. The summed E-state index contributed by atoms with van der Waals surface area (Å²) in [7, 11) is 1.54. The molecule has 138 valence electrons. The lowest BCUT2D eigenvalue weighted by molar-refractivity contribution is 0.0934. The predicted molar refractivity (Wildman–Crippen MR) is 110 cm³/mol. The van der Waals surface area contributed by atoms with Crippen LogP contribution in [-0.4, -0.2) is 28.1 Å². The van der Waals surface area contributed by atoms with Gasteiger partial charge in [0.25, 0.3) is 5.91 Å². The second-order valence-corrected chi connectivity index (χ2v) is 7.89. The average molecular weight is 433 g/mol. The Morgan fingerprint density at radius 3 is 2.27 bits per heavy atom. The molecule has 3 N–H and O–H groups in total. The zero-order valence-corrected chi connectivity index (χ0v) is 16.7. The van der Waals surface area contributed by atoms with Crippen LogP contribution in [0.5, 0.6) is 5.75 Å². The molecule has 1 atom stereocenters. The number of ether oxygens (including phenoxy) is 1. The molecule has 1 amide bonds. The fourth-order valence-corrected chi connectivity index (χ4v) is 2.60. The molecular weight excluding hydrogens is 417 g/mol. The van der Waals surface area contributed by atoms with Gasteiger partial charge in [-0.05, 0) is 36.5 Å². The molecule has 0 unspecified atom stereocenters. The van der Waals surface area contributed by atoms with Gasteiger partial charge in [0.1, 0.15) is 11.9 Å². The van der Waals surface area contributed by atoms with Crippen molar-refractivity contribution < 1.29 is 9.53 Å². The van der Waals surface area contributed by atoms with Crippen LogP contribution in [0.3, 0.4) is 0 Å². The van der Waals surface area contributed by atoms with Crippen molar-refractivity contribution >= 4 is 63.7 Å². The fourth-order valence-electron chi connectivity index (χ4n) is 2.04. The average Bonchev–Trinajstić information content (AvgIpc) is 2.61. The maximum atomic E-state index is 12.3. The molecule has 0 saturated heterocycles. The smallest absolute Gasteiger partial charge is 0.252 e. The first-order chi connectivity index (χ1) is 12.3. The van der Waals surface area contributed by atoms with Crippen molar-refractivity contribution in [3.05, 3.63) is 60.2 Å². The lowest BCUT2D eigenvalue weighted by Gasteiger charge is -2.28. The lowest BCUT2D eigenvalue weighted by atomic mass is 10.2. The van der Waals surface area contributed by atoms with Crippen LogP contribution in [-0.2, 0) is 0 Å². The first-order valence-corrected chi connectivity index (χ1v) is 8.98. The summed E-state index contributed by atoms with van der Waals surface area (Å²) >= 11 is 23.2. The van der Waals surface area contributed by atoms with Crippen molar-refractivity contribution in [3.63, 3.8) is 0 Å². The molecule has 0 aliphatic heterocycles. The minimum Gasteiger partial charge on any atom is -0.495 e. The van der Waals surface area contributed by atoms with E-state index >= 15 is 0 Å². The van der Waals surface area contributed by atoms with Gasteiger partial charge < -0.3 is 20.7 Å². The Bertz CT molecular complexity index is 769. The van der Waals surface area contributed by atoms with E-state index in [-0.39, 0.29) is 5.11 Å². The topological polar surface area (TPSA) is 62.4 Å². The van der Waals surface area contributed by atoms with Crippen LogP contribution < -0.4 is 20.7 Å². The second kappa shape index (κ2) is 9.28. The van der Waals surface area contributed by atoms with Gasteiger partial charge in [0.15, 0.2) is 5.11 Å². The van der Waals surface area contributed by atoms with Crippen molar-refractivity contribution in [2.24, 2.45) is 0 Å². The summed E-state index contributed by atoms with van der Waals surface area (Å²) in [5, 5.41) is 8.51. The minimum atomic E-state index is -1.84. The number of para-hydroxylation sites is 2. The van der Waals surface area contributed by atoms with Crippen molar-refractivity contribution in [2.75, 3.05) is 12.4 Å². The maximum absolute atomic E-state index is 12.3. The summed E-state index contributed by atoms with van der Waals surface area (Å²) in [6.07, 6.45) is -1.06. The van der Waals surface area contributed by atoms with Gasteiger partial charge in [-0.1, -0.05) is 65.1 Å². The van der Waals surface area contributed by atoms with Gasteiger partial charge in [0.05, 0.1) is 12.8 Å². The highest BCUT2D eigenvalue weighted by atomic mass is 35.6. The van der Waals surface area contributed by atoms with E-state index in [2.05, 4.69) is 16.0 Å². The zero-order chi connectivity index (χ0) is 19.2. The van der Waals surface area contributed by atoms with Gasteiger partial charge in [0.2, 0.25) is 3.79 Å². The van der Waals surface area contributed by atoms with E-state index in [1.165, 1.54) is 0 Å². The standard InChI is InChI=1S/C17H16Cl3N3O2S/c1-25-13-10-6-5-9-12(13)21-16(26)23-15(17(18,19)20)22-14(24)11-7-3-2-4-8-11/h2-10,15H,1H3,(H,22,24)(H2,21,23,26)/t15-/m1/s1. The normalized spacial score (nSPS) is 12.0. The molecule has 0 bridgehead atoms. The van der Waals surface area contributed by atoms with Gasteiger partial charge in [0, 0.05) is 5.56 Å². The Hall–Kier alpha value is -1.73. The van der Waals surface area contributed by atoms with Crippen LogP contribution in [0, 0.1) is 0 Å². The third-order valence-electron chi connectivity index (χ3n) is 3.27. The summed E-state index contributed by atoms with van der Waals surface area (Å²) in [4.78, 5) is 12.3. The van der Waals surface area contributed by atoms with E-state index < -0.39 is 15.9 Å². The van der Waals surface area contributed by atoms with E-state index in [1.807, 2.05) is 12.1 Å². The van der Waals surface area contributed by atoms with Crippen LogP contribution in [0.2, 0.25) is 0 Å². The van der Waals surface area contributed by atoms with E-state index in [0.29, 0.717) is 17.0 Å². The number of anilines is 1. The number of hydrogen-bond donors (Lipinski definition) is 3. The van der Waals surface area contributed by atoms with Crippen LogP contribution in [0.25, 0.3) is 0 Å². The van der Waals surface area contributed by atoms with Crippen molar-refractivity contribution in [3.8, 4) is 5.75 Å². The molecule has 2 rings (SSSR count). The Balaban J connectivity index is 2.08. The van der Waals surface area contributed by atoms with E-state index in [1.54, 1.807) is 49.6 Å². The number of carbonyl (C=O) groups is 1. The van der Waals surface area contributed by atoms with Crippen LogP contribution in [0.15, 0.2) is 54.6 Å². The minimum absolute atomic E-state index is 0.152. The molecule has 26 heavy (non-hydrogen) atoms. The molecule has 0 spiro atoms. The molecule has 0 radical (unpaired) electrons. The fraction of sp³-hybridized carbons (Fsp3) is 0.176. The van der Waals surface area contributed by atoms with E-state index in [4.69, 9.17) is 51.8 Å². The van der Waals surface area contributed by atoms with Gasteiger partial charge in [-0.15, -0.1) is 0 Å². The summed E-state index contributed by atoms with van der Waals surface area (Å²) in [5.74, 6) is 0.185. The number of methoxy groups -OCH3 is 1.